The fourth-order valence-electron chi connectivity index (χ4n) is 2.86. The van der Waals surface area contributed by atoms with Gasteiger partial charge in [0.25, 0.3) is 0 Å². The zero-order valence-electron chi connectivity index (χ0n) is 14.5. The number of anilines is 1. The number of pyridine rings is 1. The Morgan fingerprint density at radius 3 is 2.58 bits per heavy atom. The maximum absolute atomic E-state index is 5.90. The summed E-state index contributed by atoms with van der Waals surface area (Å²) in [6.45, 7) is 2.60. The third kappa shape index (κ3) is 3.49. The van der Waals surface area contributed by atoms with Gasteiger partial charge in [0.15, 0.2) is 0 Å². The number of hydrogen-bond acceptors (Lipinski definition) is 5. The number of nitrogens with zero attached hydrogens (tertiary/aromatic N) is 4. The van der Waals surface area contributed by atoms with Crippen LogP contribution < -0.4 is 5.73 Å². The van der Waals surface area contributed by atoms with Gasteiger partial charge in [-0.2, -0.15) is 0 Å². The number of aryl methyl sites for hydroxylation is 1. The van der Waals surface area contributed by atoms with Crippen molar-refractivity contribution in [2.45, 2.75) is 19.9 Å². The van der Waals surface area contributed by atoms with E-state index >= 15 is 0 Å². The maximum Gasteiger partial charge on any atom is 0.132 e. The Balaban J connectivity index is 1.45. The second kappa shape index (κ2) is 6.84. The van der Waals surface area contributed by atoms with E-state index in [1.165, 1.54) is 5.56 Å². The second-order valence-corrected chi connectivity index (χ2v) is 6.24. The average Bonchev–Trinajstić information content (AvgIpc) is 3.26. The summed E-state index contributed by atoms with van der Waals surface area (Å²) in [4.78, 5) is 4.09. The molecule has 0 spiro atoms. The number of aromatic nitrogens is 4. The topological polar surface area (TPSA) is 82.8 Å². The molecule has 3 aromatic heterocycles. The molecule has 0 atom stereocenters. The van der Waals surface area contributed by atoms with Gasteiger partial charge in [-0.25, -0.2) is 9.67 Å². The van der Waals surface area contributed by atoms with E-state index in [2.05, 4.69) is 39.6 Å². The molecule has 130 valence electrons. The van der Waals surface area contributed by atoms with Gasteiger partial charge in [-0.15, -0.1) is 5.10 Å². The van der Waals surface area contributed by atoms with Gasteiger partial charge in [0.05, 0.1) is 12.7 Å². The van der Waals surface area contributed by atoms with Crippen LogP contribution in [0.1, 0.15) is 22.6 Å². The predicted molar refractivity (Wildman–Crippen MR) is 99.5 cm³/mol. The van der Waals surface area contributed by atoms with Crippen LogP contribution in [-0.4, -0.2) is 20.0 Å². The zero-order valence-corrected chi connectivity index (χ0v) is 14.5. The van der Waals surface area contributed by atoms with Crippen molar-refractivity contribution in [3.05, 3.63) is 83.6 Å². The predicted octanol–water partition coefficient (Wildman–Crippen LogP) is 3.46. The highest BCUT2D eigenvalue weighted by Crippen LogP contribution is 2.21. The monoisotopic (exact) mass is 345 g/mol. The van der Waals surface area contributed by atoms with Gasteiger partial charge < -0.3 is 10.2 Å². The molecular formula is C20H19N5O. The molecule has 26 heavy (non-hydrogen) atoms. The molecule has 4 rings (SSSR count). The third-order valence-corrected chi connectivity index (χ3v) is 4.20. The number of benzene rings is 1. The molecule has 6 heteroatoms. The summed E-state index contributed by atoms with van der Waals surface area (Å²) in [5.74, 6) is 2.37. The first-order valence-corrected chi connectivity index (χ1v) is 8.41. The minimum atomic E-state index is 0.456. The third-order valence-electron chi connectivity index (χ3n) is 4.20. The molecule has 0 aliphatic carbocycles. The molecule has 0 saturated carbocycles. The van der Waals surface area contributed by atoms with Crippen molar-refractivity contribution in [3.63, 3.8) is 0 Å². The first-order valence-electron chi connectivity index (χ1n) is 8.41. The van der Waals surface area contributed by atoms with Crippen molar-refractivity contribution in [2.24, 2.45) is 0 Å². The van der Waals surface area contributed by atoms with Gasteiger partial charge in [0, 0.05) is 18.2 Å². The van der Waals surface area contributed by atoms with Crippen molar-refractivity contribution in [3.8, 4) is 11.3 Å². The van der Waals surface area contributed by atoms with Crippen molar-refractivity contribution in [2.75, 3.05) is 5.73 Å². The number of nitrogens with two attached hydrogens (primary N) is 1. The van der Waals surface area contributed by atoms with Crippen LogP contribution >= 0.6 is 0 Å². The smallest absolute Gasteiger partial charge is 0.132 e. The Hall–Kier alpha value is -3.41. The number of furan rings is 1. The van der Waals surface area contributed by atoms with Gasteiger partial charge in [0.2, 0.25) is 0 Å². The van der Waals surface area contributed by atoms with E-state index in [-0.39, 0.29) is 0 Å². The van der Waals surface area contributed by atoms with E-state index in [1.807, 2.05) is 37.4 Å². The highest BCUT2D eigenvalue weighted by molar-refractivity contribution is 5.69. The largest absolute Gasteiger partial charge is 0.466 e. The summed E-state index contributed by atoms with van der Waals surface area (Å²) in [6.07, 6.45) is 4.34. The van der Waals surface area contributed by atoms with E-state index in [0.717, 1.165) is 34.8 Å². The Morgan fingerprint density at radius 1 is 1.04 bits per heavy atom. The first-order chi connectivity index (χ1) is 12.7. The summed E-state index contributed by atoms with van der Waals surface area (Å²) in [6, 6.07) is 16.2. The fourth-order valence-corrected chi connectivity index (χ4v) is 2.86. The SMILES string of the molecule is Cc1ccc(Cc2ccc(Cn3cc(-c4cccnc4N)nn3)cc2)o1. The van der Waals surface area contributed by atoms with Gasteiger partial charge in [-0.1, -0.05) is 29.5 Å². The van der Waals surface area contributed by atoms with Crippen LogP contribution in [0.25, 0.3) is 11.3 Å². The Kier molecular flexibility index (Phi) is 4.23. The van der Waals surface area contributed by atoms with E-state index < -0.39 is 0 Å². The minimum absolute atomic E-state index is 0.456. The molecule has 0 amide bonds. The van der Waals surface area contributed by atoms with Gasteiger partial charge in [-0.05, 0) is 42.3 Å². The molecule has 2 N–H and O–H groups in total. The molecule has 3 heterocycles. The molecule has 0 aliphatic heterocycles. The van der Waals surface area contributed by atoms with E-state index in [1.54, 1.807) is 10.9 Å². The fraction of sp³-hybridized carbons (Fsp3) is 0.150. The summed E-state index contributed by atoms with van der Waals surface area (Å²) in [5.41, 5.74) is 9.78. The van der Waals surface area contributed by atoms with Crippen LogP contribution in [-0.2, 0) is 13.0 Å². The van der Waals surface area contributed by atoms with Crippen LogP contribution in [0.4, 0.5) is 5.82 Å². The Labute approximate surface area is 151 Å². The van der Waals surface area contributed by atoms with Gasteiger partial charge in [0.1, 0.15) is 23.0 Å². The first kappa shape index (κ1) is 16.1. The standard InChI is InChI=1S/C20H19N5O/c1-14-4-9-17(26-14)11-15-5-7-16(8-6-15)12-25-13-19(23-24-25)18-3-2-10-22-20(18)21/h2-10,13H,11-12H2,1H3,(H2,21,22). The highest BCUT2D eigenvalue weighted by Gasteiger charge is 2.08. The molecule has 1 aromatic carbocycles. The lowest BCUT2D eigenvalue weighted by atomic mass is 10.1. The molecule has 0 aliphatic rings. The summed E-state index contributed by atoms with van der Waals surface area (Å²) >= 11 is 0. The lowest BCUT2D eigenvalue weighted by Crippen LogP contribution is -2.00. The van der Waals surface area contributed by atoms with E-state index in [4.69, 9.17) is 10.2 Å². The van der Waals surface area contributed by atoms with Gasteiger partial charge >= 0.3 is 0 Å². The highest BCUT2D eigenvalue weighted by atomic mass is 16.3. The lowest BCUT2D eigenvalue weighted by molar-refractivity contribution is 0.493. The van der Waals surface area contributed by atoms with Crippen LogP contribution in [0.3, 0.4) is 0 Å². The molecule has 0 saturated heterocycles. The average molecular weight is 345 g/mol. The van der Waals surface area contributed by atoms with Crippen molar-refractivity contribution < 1.29 is 4.42 Å². The van der Waals surface area contributed by atoms with Gasteiger partial charge in [-0.3, -0.25) is 0 Å². The molecule has 0 unspecified atom stereocenters. The van der Waals surface area contributed by atoms with E-state index in [9.17, 15) is 0 Å². The lowest BCUT2D eigenvalue weighted by Gasteiger charge is -2.03. The summed E-state index contributed by atoms with van der Waals surface area (Å²) in [5, 5.41) is 8.39. The van der Waals surface area contributed by atoms with Crippen LogP contribution in [0, 0.1) is 6.92 Å². The molecule has 0 radical (unpaired) electrons. The molecule has 6 nitrogen and oxygen atoms in total. The Bertz CT molecular complexity index is 1020. The van der Waals surface area contributed by atoms with Crippen LogP contribution in [0.5, 0.6) is 0 Å². The number of hydrogen-bond donors (Lipinski definition) is 1. The number of nitrogen functional groups attached to an aromatic ring is 1. The molecular weight excluding hydrogens is 326 g/mol. The quantitative estimate of drug-likeness (QED) is 0.599. The molecule has 0 bridgehead atoms. The summed E-state index contributed by atoms with van der Waals surface area (Å²) in [7, 11) is 0. The molecule has 0 fully saturated rings. The maximum atomic E-state index is 5.90. The second-order valence-electron chi connectivity index (χ2n) is 6.24. The van der Waals surface area contributed by atoms with Crippen molar-refractivity contribution >= 4 is 5.82 Å². The van der Waals surface area contributed by atoms with Crippen LogP contribution in [0.15, 0.2) is 65.3 Å². The van der Waals surface area contributed by atoms with Crippen molar-refractivity contribution in [1.82, 2.24) is 20.0 Å². The van der Waals surface area contributed by atoms with Crippen molar-refractivity contribution in [1.29, 1.82) is 0 Å². The minimum Gasteiger partial charge on any atom is -0.466 e. The Morgan fingerprint density at radius 2 is 1.85 bits per heavy atom. The van der Waals surface area contributed by atoms with E-state index in [0.29, 0.717) is 12.4 Å². The molecule has 4 aromatic rings. The summed E-state index contributed by atoms with van der Waals surface area (Å²) < 4.78 is 7.43. The normalized spacial score (nSPS) is 11.0. The number of rotatable bonds is 5. The van der Waals surface area contributed by atoms with Crippen LogP contribution in [0.2, 0.25) is 0 Å². The zero-order chi connectivity index (χ0) is 17.9.